The lowest BCUT2D eigenvalue weighted by Crippen LogP contribution is -2.44. The van der Waals surface area contributed by atoms with Gasteiger partial charge in [0.2, 0.25) is 0 Å². The Bertz CT molecular complexity index is 483. The molecule has 21 heavy (non-hydrogen) atoms. The lowest BCUT2D eigenvalue weighted by atomic mass is 9.93. The summed E-state index contributed by atoms with van der Waals surface area (Å²) in [5.41, 5.74) is 0.994. The van der Waals surface area contributed by atoms with Gasteiger partial charge in [-0.2, -0.15) is 8.78 Å². The maximum Gasteiger partial charge on any atom is 0.387 e. The number of alkyl halides is 2. The van der Waals surface area contributed by atoms with Gasteiger partial charge in [0.05, 0.1) is 0 Å². The van der Waals surface area contributed by atoms with Gasteiger partial charge in [0, 0.05) is 18.6 Å². The summed E-state index contributed by atoms with van der Waals surface area (Å²) in [5.74, 6) is 0.952. The van der Waals surface area contributed by atoms with Crippen molar-refractivity contribution in [2.45, 2.75) is 38.5 Å². The summed E-state index contributed by atoms with van der Waals surface area (Å²) in [7, 11) is 0. The monoisotopic (exact) mass is 296 g/mol. The molecule has 0 saturated carbocycles. The summed E-state index contributed by atoms with van der Waals surface area (Å²) in [6, 6.07) is 7.66. The number of hydrogen-bond donors (Lipinski definition) is 1. The molecule has 4 unspecified atom stereocenters. The van der Waals surface area contributed by atoms with Crippen molar-refractivity contribution in [2.24, 2.45) is 5.92 Å². The molecule has 0 radical (unpaired) electrons. The van der Waals surface area contributed by atoms with E-state index in [1.165, 1.54) is 25.9 Å². The Morgan fingerprint density at radius 1 is 1.29 bits per heavy atom. The number of nitrogens with zero attached hydrogens (tertiary/aromatic N) is 1. The van der Waals surface area contributed by atoms with Gasteiger partial charge >= 0.3 is 6.61 Å². The molecule has 0 aliphatic carbocycles. The SMILES string of the molecule is CC(NC1CCN2CCC1C2)c1cccc(OC(F)F)c1. The summed E-state index contributed by atoms with van der Waals surface area (Å²) in [6.45, 7) is 2.89. The first-order chi connectivity index (χ1) is 10.1. The van der Waals surface area contributed by atoms with Crippen molar-refractivity contribution in [3.05, 3.63) is 29.8 Å². The van der Waals surface area contributed by atoms with E-state index in [2.05, 4.69) is 21.9 Å². The number of ether oxygens (including phenoxy) is 1. The summed E-state index contributed by atoms with van der Waals surface area (Å²) in [6.07, 6.45) is 2.43. The van der Waals surface area contributed by atoms with Crippen LogP contribution in [0.3, 0.4) is 0 Å². The fourth-order valence-corrected chi connectivity index (χ4v) is 3.55. The van der Waals surface area contributed by atoms with Gasteiger partial charge < -0.3 is 15.0 Å². The molecule has 1 aromatic carbocycles. The van der Waals surface area contributed by atoms with Gasteiger partial charge in [-0.15, -0.1) is 0 Å². The lowest BCUT2D eigenvalue weighted by Gasteiger charge is -2.33. The van der Waals surface area contributed by atoms with E-state index in [-0.39, 0.29) is 11.8 Å². The van der Waals surface area contributed by atoms with Crippen LogP contribution < -0.4 is 10.1 Å². The van der Waals surface area contributed by atoms with E-state index in [0.717, 1.165) is 18.0 Å². The molecule has 2 aliphatic heterocycles. The van der Waals surface area contributed by atoms with Gasteiger partial charge in [0.25, 0.3) is 0 Å². The van der Waals surface area contributed by atoms with Crippen LogP contribution in [-0.2, 0) is 0 Å². The van der Waals surface area contributed by atoms with Crippen molar-refractivity contribution in [1.29, 1.82) is 0 Å². The zero-order valence-electron chi connectivity index (χ0n) is 12.3. The number of hydrogen-bond acceptors (Lipinski definition) is 3. The molecule has 3 rings (SSSR count). The molecule has 2 saturated heterocycles. The second kappa shape index (κ2) is 6.28. The summed E-state index contributed by atoms with van der Waals surface area (Å²) < 4.78 is 29.0. The molecule has 0 spiro atoms. The highest BCUT2D eigenvalue weighted by molar-refractivity contribution is 5.30. The van der Waals surface area contributed by atoms with Crippen LogP contribution in [0.4, 0.5) is 8.78 Å². The second-order valence-electron chi connectivity index (χ2n) is 6.08. The van der Waals surface area contributed by atoms with E-state index in [1.807, 2.05) is 6.07 Å². The minimum Gasteiger partial charge on any atom is -0.435 e. The van der Waals surface area contributed by atoms with Crippen LogP contribution in [0, 0.1) is 5.92 Å². The Morgan fingerprint density at radius 2 is 2.10 bits per heavy atom. The molecular weight excluding hydrogens is 274 g/mol. The van der Waals surface area contributed by atoms with Gasteiger partial charge in [-0.3, -0.25) is 0 Å². The normalized spacial score (nSPS) is 29.6. The van der Waals surface area contributed by atoms with Crippen LogP contribution in [-0.4, -0.2) is 37.2 Å². The molecule has 3 nitrogen and oxygen atoms in total. The number of rotatable bonds is 5. The Kier molecular flexibility index (Phi) is 4.40. The third-order valence-corrected chi connectivity index (χ3v) is 4.68. The Hall–Kier alpha value is -1.20. The van der Waals surface area contributed by atoms with Crippen molar-refractivity contribution in [2.75, 3.05) is 19.6 Å². The van der Waals surface area contributed by atoms with Crippen LogP contribution >= 0.6 is 0 Å². The number of nitrogens with one attached hydrogen (secondary N) is 1. The number of halogens is 2. The summed E-state index contributed by atoms with van der Waals surface area (Å²) in [4.78, 5) is 2.52. The second-order valence-corrected chi connectivity index (χ2v) is 6.08. The van der Waals surface area contributed by atoms with Crippen molar-refractivity contribution in [3.63, 3.8) is 0 Å². The van der Waals surface area contributed by atoms with Crippen molar-refractivity contribution >= 4 is 0 Å². The minimum atomic E-state index is -2.77. The molecule has 0 aromatic heterocycles. The lowest BCUT2D eigenvalue weighted by molar-refractivity contribution is -0.0499. The number of benzene rings is 1. The van der Waals surface area contributed by atoms with E-state index < -0.39 is 6.61 Å². The first kappa shape index (κ1) is 14.7. The standard InChI is InChI=1S/C16H22F2N2O/c1-11(12-3-2-4-14(9-12)21-16(17)18)19-15-6-8-20-7-5-13(15)10-20/h2-4,9,11,13,15-16,19H,5-8,10H2,1H3. The Labute approximate surface area is 124 Å². The first-order valence-electron chi connectivity index (χ1n) is 7.65. The van der Waals surface area contributed by atoms with Crippen LogP contribution in [0.1, 0.15) is 31.4 Å². The molecule has 2 fully saturated rings. The molecule has 2 aliphatic rings. The van der Waals surface area contributed by atoms with E-state index in [0.29, 0.717) is 6.04 Å². The maximum absolute atomic E-state index is 12.3. The molecule has 116 valence electrons. The molecule has 5 heteroatoms. The molecule has 4 atom stereocenters. The fraction of sp³-hybridized carbons (Fsp3) is 0.625. The highest BCUT2D eigenvalue weighted by Crippen LogP contribution is 2.29. The highest BCUT2D eigenvalue weighted by atomic mass is 19.3. The third kappa shape index (κ3) is 3.52. The van der Waals surface area contributed by atoms with Crippen molar-refractivity contribution in [1.82, 2.24) is 10.2 Å². The summed E-state index contributed by atoms with van der Waals surface area (Å²) in [5, 5.41) is 3.67. The molecule has 1 N–H and O–H groups in total. The number of piperidine rings is 1. The van der Waals surface area contributed by atoms with E-state index in [1.54, 1.807) is 18.2 Å². The van der Waals surface area contributed by atoms with Gasteiger partial charge in [-0.25, -0.2) is 0 Å². The first-order valence-corrected chi connectivity index (χ1v) is 7.65. The van der Waals surface area contributed by atoms with Gasteiger partial charge in [-0.1, -0.05) is 12.1 Å². The van der Waals surface area contributed by atoms with E-state index in [4.69, 9.17) is 0 Å². The quantitative estimate of drug-likeness (QED) is 0.904. The van der Waals surface area contributed by atoms with Gasteiger partial charge in [0.15, 0.2) is 0 Å². The van der Waals surface area contributed by atoms with Crippen LogP contribution in [0.15, 0.2) is 24.3 Å². The Balaban J connectivity index is 1.63. The smallest absolute Gasteiger partial charge is 0.387 e. The topological polar surface area (TPSA) is 24.5 Å². The van der Waals surface area contributed by atoms with Crippen LogP contribution in [0.2, 0.25) is 0 Å². The average molecular weight is 296 g/mol. The average Bonchev–Trinajstić information content (AvgIpc) is 2.84. The number of fused-ring (bicyclic) bond motifs is 2. The zero-order valence-corrected chi connectivity index (χ0v) is 12.3. The van der Waals surface area contributed by atoms with Crippen molar-refractivity contribution in [3.8, 4) is 5.75 Å². The summed E-state index contributed by atoms with van der Waals surface area (Å²) >= 11 is 0. The zero-order chi connectivity index (χ0) is 14.8. The molecular formula is C16H22F2N2O. The minimum absolute atomic E-state index is 0.142. The van der Waals surface area contributed by atoms with Gasteiger partial charge in [0.1, 0.15) is 5.75 Å². The third-order valence-electron chi connectivity index (χ3n) is 4.68. The fourth-order valence-electron chi connectivity index (χ4n) is 3.55. The van der Waals surface area contributed by atoms with Crippen LogP contribution in [0.25, 0.3) is 0 Å². The highest BCUT2D eigenvalue weighted by Gasteiger charge is 2.34. The van der Waals surface area contributed by atoms with Crippen molar-refractivity contribution < 1.29 is 13.5 Å². The molecule has 2 bridgehead atoms. The van der Waals surface area contributed by atoms with Crippen LogP contribution in [0.5, 0.6) is 5.75 Å². The predicted octanol–water partition coefficient (Wildman–Crippen LogP) is 3.03. The van der Waals surface area contributed by atoms with Gasteiger partial charge in [-0.05, 0) is 56.5 Å². The molecule has 1 aromatic rings. The predicted molar refractivity (Wildman–Crippen MR) is 77.6 cm³/mol. The molecule has 0 amide bonds. The molecule has 2 heterocycles. The largest absolute Gasteiger partial charge is 0.435 e. The Morgan fingerprint density at radius 3 is 2.90 bits per heavy atom. The van der Waals surface area contributed by atoms with E-state index >= 15 is 0 Å². The van der Waals surface area contributed by atoms with E-state index in [9.17, 15) is 8.78 Å². The maximum atomic E-state index is 12.3.